The number of carbonyl (C=O) groups excluding carboxylic acids is 1. The predicted octanol–water partition coefficient (Wildman–Crippen LogP) is 4.43. The number of ketones is 1. The Morgan fingerprint density at radius 1 is 0.950 bits per heavy atom. The molecule has 2 aromatic carbocycles. The highest BCUT2D eigenvalue weighted by molar-refractivity contribution is 9.10. The first kappa shape index (κ1) is 14.7. The van der Waals surface area contributed by atoms with Crippen LogP contribution in [-0.2, 0) is 6.42 Å². The van der Waals surface area contributed by atoms with Crippen LogP contribution < -0.4 is 0 Å². The van der Waals surface area contributed by atoms with Crippen LogP contribution in [0.1, 0.15) is 15.9 Å². The second kappa shape index (κ2) is 5.75. The normalized spacial score (nSPS) is 10.7. The summed E-state index contributed by atoms with van der Waals surface area (Å²) in [5.74, 6) is -4.51. The van der Waals surface area contributed by atoms with Crippen LogP contribution in [0.25, 0.3) is 0 Å². The Morgan fingerprint density at radius 3 is 2.15 bits per heavy atom. The van der Waals surface area contributed by atoms with Crippen LogP contribution in [0.15, 0.2) is 34.8 Å². The molecule has 1 nitrogen and oxygen atoms in total. The Balaban J connectivity index is 2.36. The number of hydrogen-bond acceptors (Lipinski definition) is 1. The molecule has 0 aliphatic carbocycles. The molecule has 104 valence electrons. The minimum atomic E-state index is -0.958. The minimum Gasteiger partial charge on any atom is -0.294 e. The van der Waals surface area contributed by atoms with Crippen molar-refractivity contribution >= 4 is 21.7 Å². The molecule has 0 atom stereocenters. The van der Waals surface area contributed by atoms with E-state index in [1.54, 1.807) is 0 Å². The molecule has 0 N–H and O–H groups in total. The summed E-state index contributed by atoms with van der Waals surface area (Å²) in [6.45, 7) is 0. The van der Waals surface area contributed by atoms with Crippen molar-refractivity contribution in [2.45, 2.75) is 6.42 Å². The number of rotatable bonds is 3. The summed E-state index contributed by atoms with van der Waals surface area (Å²) in [6.07, 6.45) is -0.684. The second-order valence-corrected chi connectivity index (χ2v) is 4.90. The molecule has 0 aliphatic rings. The summed E-state index contributed by atoms with van der Waals surface area (Å²) in [5, 5.41) is 0. The van der Waals surface area contributed by atoms with Crippen molar-refractivity contribution in [2.24, 2.45) is 0 Å². The molecule has 20 heavy (non-hydrogen) atoms. The zero-order chi connectivity index (χ0) is 14.9. The summed E-state index contributed by atoms with van der Waals surface area (Å²) >= 11 is 2.77. The van der Waals surface area contributed by atoms with E-state index in [9.17, 15) is 22.4 Å². The van der Waals surface area contributed by atoms with Crippen LogP contribution in [0.5, 0.6) is 0 Å². The van der Waals surface area contributed by atoms with Gasteiger partial charge in [0.25, 0.3) is 0 Å². The third kappa shape index (κ3) is 2.90. The van der Waals surface area contributed by atoms with E-state index < -0.39 is 46.6 Å². The molecule has 0 saturated carbocycles. The van der Waals surface area contributed by atoms with Crippen molar-refractivity contribution in [1.29, 1.82) is 0 Å². The van der Waals surface area contributed by atoms with Crippen LogP contribution in [0.3, 0.4) is 0 Å². The molecule has 0 radical (unpaired) electrons. The van der Waals surface area contributed by atoms with Gasteiger partial charge in [-0.25, -0.2) is 17.6 Å². The Kier molecular flexibility index (Phi) is 4.23. The summed E-state index contributed by atoms with van der Waals surface area (Å²) < 4.78 is 53.6. The Hall–Kier alpha value is -1.69. The highest BCUT2D eigenvalue weighted by Crippen LogP contribution is 2.22. The fourth-order valence-electron chi connectivity index (χ4n) is 1.69. The number of carbonyl (C=O) groups is 1. The topological polar surface area (TPSA) is 17.1 Å². The number of Topliss-reactive ketones (excluding diaryl/α,β-unsaturated/α-hetero) is 1. The molecular formula is C14H7BrF4O. The van der Waals surface area contributed by atoms with Gasteiger partial charge in [-0.05, 0) is 40.2 Å². The molecule has 0 amide bonds. The molecule has 0 aliphatic heterocycles. The number of hydrogen-bond donors (Lipinski definition) is 0. The molecule has 0 spiro atoms. The van der Waals surface area contributed by atoms with Gasteiger partial charge in [0.1, 0.15) is 23.3 Å². The Labute approximate surface area is 120 Å². The maximum Gasteiger partial charge on any atom is 0.170 e. The molecule has 2 aromatic rings. The van der Waals surface area contributed by atoms with Gasteiger partial charge in [-0.2, -0.15) is 0 Å². The maximum atomic E-state index is 13.6. The summed E-state index contributed by atoms with van der Waals surface area (Å²) in [6, 6.07) is 4.62. The average molecular weight is 347 g/mol. The van der Waals surface area contributed by atoms with Gasteiger partial charge in [0, 0.05) is 12.0 Å². The van der Waals surface area contributed by atoms with Gasteiger partial charge in [-0.15, -0.1) is 0 Å². The fraction of sp³-hybridized carbons (Fsp3) is 0.0714. The molecule has 6 heteroatoms. The highest BCUT2D eigenvalue weighted by atomic mass is 79.9. The zero-order valence-corrected chi connectivity index (χ0v) is 11.5. The van der Waals surface area contributed by atoms with Crippen LogP contribution in [0.2, 0.25) is 0 Å². The van der Waals surface area contributed by atoms with Gasteiger partial charge in [0.15, 0.2) is 5.78 Å². The quantitative estimate of drug-likeness (QED) is 0.456. The third-order valence-electron chi connectivity index (χ3n) is 2.71. The Bertz CT molecular complexity index is 665. The fourth-order valence-corrected chi connectivity index (χ4v) is 2.01. The summed E-state index contributed by atoms with van der Waals surface area (Å²) in [5.41, 5.74) is -1.02. The first-order chi connectivity index (χ1) is 9.40. The van der Waals surface area contributed by atoms with E-state index in [4.69, 9.17) is 0 Å². The van der Waals surface area contributed by atoms with E-state index in [1.165, 1.54) is 0 Å². The van der Waals surface area contributed by atoms with Crippen molar-refractivity contribution in [1.82, 2.24) is 0 Å². The van der Waals surface area contributed by atoms with E-state index >= 15 is 0 Å². The maximum absolute atomic E-state index is 13.6. The van der Waals surface area contributed by atoms with Gasteiger partial charge in [0.2, 0.25) is 0 Å². The molecule has 0 heterocycles. The summed E-state index contributed by atoms with van der Waals surface area (Å²) in [4.78, 5) is 11.8. The molecule has 0 bridgehead atoms. The van der Waals surface area contributed by atoms with E-state index in [0.717, 1.165) is 24.3 Å². The smallest absolute Gasteiger partial charge is 0.170 e. The minimum absolute atomic E-state index is 0.136. The highest BCUT2D eigenvalue weighted by Gasteiger charge is 2.19. The van der Waals surface area contributed by atoms with Crippen molar-refractivity contribution in [3.8, 4) is 0 Å². The van der Waals surface area contributed by atoms with E-state index in [0.29, 0.717) is 6.07 Å². The SMILES string of the molecule is O=C(Cc1c(F)cccc1F)c1cc(F)c(Br)cc1F. The standard InChI is InChI=1S/C14H7BrF4O/c15-9-6-12(18)8(4-13(9)19)14(20)5-7-10(16)2-1-3-11(7)17/h1-4,6H,5H2. The lowest BCUT2D eigenvalue weighted by atomic mass is 10.0. The van der Waals surface area contributed by atoms with Crippen LogP contribution in [-0.4, -0.2) is 5.78 Å². The second-order valence-electron chi connectivity index (χ2n) is 4.05. The summed E-state index contributed by atoms with van der Waals surface area (Å²) in [7, 11) is 0. The molecule has 0 saturated heterocycles. The van der Waals surface area contributed by atoms with E-state index in [-0.39, 0.29) is 4.47 Å². The van der Waals surface area contributed by atoms with Crippen LogP contribution in [0.4, 0.5) is 17.6 Å². The lowest BCUT2D eigenvalue weighted by molar-refractivity contribution is 0.0986. The molecule has 0 fully saturated rings. The van der Waals surface area contributed by atoms with E-state index in [1.807, 2.05) is 0 Å². The van der Waals surface area contributed by atoms with Gasteiger partial charge < -0.3 is 0 Å². The van der Waals surface area contributed by atoms with Gasteiger partial charge >= 0.3 is 0 Å². The zero-order valence-electron chi connectivity index (χ0n) is 9.89. The van der Waals surface area contributed by atoms with Gasteiger partial charge in [-0.3, -0.25) is 4.79 Å². The number of benzene rings is 2. The van der Waals surface area contributed by atoms with Crippen molar-refractivity contribution in [2.75, 3.05) is 0 Å². The lowest BCUT2D eigenvalue weighted by Crippen LogP contribution is -2.10. The monoisotopic (exact) mass is 346 g/mol. The average Bonchev–Trinajstić information content (AvgIpc) is 2.38. The molecular weight excluding hydrogens is 340 g/mol. The van der Waals surface area contributed by atoms with E-state index in [2.05, 4.69) is 15.9 Å². The van der Waals surface area contributed by atoms with Crippen molar-refractivity contribution in [3.05, 3.63) is 69.2 Å². The first-order valence-corrected chi connectivity index (χ1v) is 6.30. The lowest BCUT2D eigenvalue weighted by Gasteiger charge is -2.06. The van der Waals surface area contributed by atoms with Crippen molar-refractivity contribution < 1.29 is 22.4 Å². The Morgan fingerprint density at radius 2 is 1.55 bits per heavy atom. The first-order valence-electron chi connectivity index (χ1n) is 5.50. The van der Waals surface area contributed by atoms with Gasteiger partial charge in [-0.1, -0.05) is 6.07 Å². The molecule has 2 rings (SSSR count). The third-order valence-corrected chi connectivity index (χ3v) is 3.32. The van der Waals surface area contributed by atoms with Crippen LogP contribution >= 0.6 is 15.9 Å². The molecule has 0 aromatic heterocycles. The number of halogens is 5. The molecule has 0 unspecified atom stereocenters. The van der Waals surface area contributed by atoms with Gasteiger partial charge in [0.05, 0.1) is 10.0 Å². The van der Waals surface area contributed by atoms with Crippen molar-refractivity contribution in [3.63, 3.8) is 0 Å². The van der Waals surface area contributed by atoms with Crippen LogP contribution in [0, 0.1) is 23.3 Å². The predicted molar refractivity (Wildman–Crippen MR) is 68.5 cm³/mol. The largest absolute Gasteiger partial charge is 0.294 e.